The molecule has 0 saturated heterocycles. The number of aromatic nitrogens is 2. The minimum absolute atomic E-state index is 0.0215. The smallest absolute Gasteiger partial charge is 0.273 e. The Morgan fingerprint density at radius 2 is 2.15 bits per heavy atom. The Kier molecular flexibility index (Phi) is 4.88. The fourth-order valence-electron chi connectivity index (χ4n) is 1.80. The summed E-state index contributed by atoms with van der Waals surface area (Å²) in [5.41, 5.74) is 0.607. The van der Waals surface area contributed by atoms with Crippen LogP contribution in [0.25, 0.3) is 0 Å². The van der Waals surface area contributed by atoms with Crippen LogP contribution in [0.1, 0.15) is 12.0 Å². The second-order valence-electron chi connectivity index (χ2n) is 4.22. The third-order valence-corrected chi connectivity index (χ3v) is 2.80. The van der Waals surface area contributed by atoms with Gasteiger partial charge >= 0.3 is 0 Å². The molecule has 2 rings (SSSR count). The molecule has 6 heteroatoms. The van der Waals surface area contributed by atoms with Gasteiger partial charge in [-0.2, -0.15) is 0 Å². The van der Waals surface area contributed by atoms with E-state index in [1.807, 2.05) is 16.8 Å². The summed E-state index contributed by atoms with van der Waals surface area (Å²) in [5.74, 6) is -0.385. The van der Waals surface area contributed by atoms with E-state index in [0.29, 0.717) is 12.1 Å². The van der Waals surface area contributed by atoms with E-state index in [1.54, 1.807) is 36.8 Å². The SMILES string of the molecule is O=C(NCCCn1ccnc1)/C(=N/O)c1ccccc1. The van der Waals surface area contributed by atoms with Crippen LogP contribution in [0.5, 0.6) is 0 Å². The number of aryl methyl sites for hydroxylation is 1. The Morgan fingerprint density at radius 1 is 1.35 bits per heavy atom. The number of hydrogen-bond acceptors (Lipinski definition) is 4. The second-order valence-corrected chi connectivity index (χ2v) is 4.22. The van der Waals surface area contributed by atoms with E-state index in [2.05, 4.69) is 15.5 Å². The summed E-state index contributed by atoms with van der Waals surface area (Å²) in [6.07, 6.45) is 6.08. The van der Waals surface area contributed by atoms with Crippen LogP contribution in [-0.2, 0) is 11.3 Å². The molecule has 0 bridgehead atoms. The molecular formula is C14H16N4O2. The lowest BCUT2D eigenvalue weighted by Gasteiger charge is -2.07. The van der Waals surface area contributed by atoms with Gasteiger partial charge in [0.1, 0.15) is 0 Å². The van der Waals surface area contributed by atoms with Gasteiger partial charge in [0.25, 0.3) is 5.91 Å². The first-order chi connectivity index (χ1) is 9.81. The maximum Gasteiger partial charge on any atom is 0.273 e. The highest BCUT2D eigenvalue weighted by molar-refractivity contribution is 6.45. The lowest BCUT2D eigenvalue weighted by atomic mass is 10.1. The summed E-state index contributed by atoms with van der Waals surface area (Å²) >= 11 is 0. The monoisotopic (exact) mass is 272 g/mol. The average molecular weight is 272 g/mol. The van der Waals surface area contributed by atoms with Crippen molar-refractivity contribution in [2.75, 3.05) is 6.54 Å². The molecule has 0 fully saturated rings. The van der Waals surface area contributed by atoms with Crippen molar-refractivity contribution in [3.8, 4) is 0 Å². The second kappa shape index (κ2) is 7.08. The van der Waals surface area contributed by atoms with E-state index in [0.717, 1.165) is 13.0 Å². The number of imidazole rings is 1. The molecular weight excluding hydrogens is 256 g/mol. The summed E-state index contributed by atoms with van der Waals surface area (Å²) in [7, 11) is 0. The zero-order valence-electron chi connectivity index (χ0n) is 10.9. The van der Waals surface area contributed by atoms with Crippen LogP contribution >= 0.6 is 0 Å². The third-order valence-electron chi connectivity index (χ3n) is 2.80. The minimum Gasteiger partial charge on any atom is -0.410 e. The first kappa shape index (κ1) is 13.8. The molecule has 1 aromatic heterocycles. The maximum absolute atomic E-state index is 11.9. The summed E-state index contributed by atoms with van der Waals surface area (Å²) in [6.45, 7) is 1.28. The van der Waals surface area contributed by atoms with Gasteiger partial charge in [-0.1, -0.05) is 35.5 Å². The molecule has 0 aliphatic carbocycles. The van der Waals surface area contributed by atoms with E-state index >= 15 is 0 Å². The number of amides is 1. The molecule has 1 heterocycles. The van der Waals surface area contributed by atoms with Crippen molar-refractivity contribution in [3.05, 3.63) is 54.6 Å². The zero-order chi connectivity index (χ0) is 14.2. The van der Waals surface area contributed by atoms with Gasteiger partial charge in [0.05, 0.1) is 6.33 Å². The number of hydrogen-bond donors (Lipinski definition) is 2. The van der Waals surface area contributed by atoms with Crippen LogP contribution < -0.4 is 5.32 Å². The van der Waals surface area contributed by atoms with Crippen molar-refractivity contribution in [3.63, 3.8) is 0 Å². The molecule has 0 saturated carbocycles. The van der Waals surface area contributed by atoms with Gasteiger partial charge in [-0.25, -0.2) is 4.98 Å². The van der Waals surface area contributed by atoms with E-state index < -0.39 is 0 Å². The first-order valence-corrected chi connectivity index (χ1v) is 6.32. The molecule has 2 aromatic rings. The van der Waals surface area contributed by atoms with Crippen LogP contribution in [0.2, 0.25) is 0 Å². The van der Waals surface area contributed by atoms with Crippen molar-refractivity contribution < 1.29 is 10.0 Å². The summed E-state index contributed by atoms with van der Waals surface area (Å²) in [5, 5.41) is 14.8. The Labute approximate surface area is 116 Å². The Hall–Kier alpha value is -2.63. The topological polar surface area (TPSA) is 79.5 Å². The number of benzene rings is 1. The van der Waals surface area contributed by atoms with Crippen molar-refractivity contribution in [2.24, 2.45) is 5.16 Å². The van der Waals surface area contributed by atoms with Crippen molar-refractivity contribution >= 4 is 11.6 Å². The van der Waals surface area contributed by atoms with Gasteiger partial charge in [0, 0.05) is 31.0 Å². The van der Waals surface area contributed by atoms with Crippen LogP contribution in [0.4, 0.5) is 0 Å². The normalized spacial score (nSPS) is 11.3. The fraction of sp³-hybridized carbons (Fsp3) is 0.214. The van der Waals surface area contributed by atoms with Gasteiger partial charge in [0.2, 0.25) is 0 Å². The Balaban J connectivity index is 1.82. The molecule has 0 atom stereocenters. The van der Waals surface area contributed by atoms with Crippen molar-refractivity contribution in [1.82, 2.24) is 14.9 Å². The lowest BCUT2D eigenvalue weighted by Crippen LogP contribution is -2.32. The highest BCUT2D eigenvalue weighted by atomic mass is 16.4. The number of oxime groups is 1. The standard InChI is InChI=1S/C14H16N4O2/c19-14(13(17-20)12-5-2-1-3-6-12)16-7-4-9-18-10-8-15-11-18/h1-3,5-6,8,10-11,20H,4,7,9H2,(H,16,19)/b17-13+. The predicted octanol–water partition coefficient (Wildman–Crippen LogP) is 1.27. The Morgan fingerprint density at radius 3 is 2.80 bits per heavy atom. The highest BCUT2D eigenvalue weighted by Gasteiger charge is 2.13. The van der Waals surface area contributed by atoms with Gasteiger partial charge in [-0.15, -0.1) is 0 Å². The van der Waals surface area contributed by atoms with E-state index in [4.69, 9.17) is 5.21 Å². The molecule has 104 valence electrons. The van der Waals surface area contributed by atoms with Crippen LogP contribution in [0, 0.1) is 0 Å². The molecule has 0 unspecified atom stereocenters. The molecule has 0 aliphatic rings. The predicted molar refractivity (Wildman–Crippen MR) is 74.6 cm³/mol. The number of nitrogens with zero attached hydrogens (tertiary/aromatic N) is 3. The fourth-order valence-corrected chi connectivity index (χ4v) is 1.80. The quantitative estimate of drug-likeness (QED) is 0.360. The molecule has 0 spiro atoms. The van der Waals surface area contributed by atoms with Crippen LogP contribution in [0.3, 0.4) is 0 Å². The zero-order valence-corrected chi connectivity index (χ0v) is 10.9. The van der Waals surface area contributed by atoms with Crippen LogP contribution in [0.15, 0.2) is 54.2 Å². The molecule has 2 N–H and O–H groups in total. The van der Waals surface area contributed by atoms with Crippen LogP contribution in [-0.4, -0.2) is 32.9 Å². The van der Waals surface area contributed by atoms with E-state index in [1.165, 1.54) is 0 Å². The number of carbonyl (C=O) groups is 1. The molecule has 6 nitrogen and oxygen atoms in total. The van der Waals surface area contributed by atoms with Gasteiger partial charge in [0.15, 0.2) is 5.71 Å². The highest BCUT2D eigenvalue weighted by Crippen LogP contribution is 2.01. The largest absolute Gasteiger partial charge is 0.410 e. The van der Waals surface area contributed by atoms with E-state index in [9.17, 15) is 4.79 Å². The van der Waals surface area contributed by atoms with Crippen molar-refractivity contribution in [2.45, 2.75) is 13.0 Å². The number of nitrogens with one attached hydrogen (secondary N) is 1. The van der Waals surface area contributed by atoms with E-state index in [-0.39, 0.29) is 11.6 Å². The summed E-state index contributed by atoms with van der Waals surface area (Å²) in [4.78, 5) is 15.9. The maximum atomic E-state index is 11.9. The molecule has 0 aliphatic heterocycles. The van der Waals surface area contributed by atoms with Gasteiger partial charge in [-0.05, 0) is 6.42 Å². The number of rotatable bonds is 6. The molecule has 1 amide bonds. The number of carbonyl (C=O) groups excluding carboxylic acids is 1. The molecule has 0 radical (unpaired) electrons. The first-order valence-electron chi connectivity index (χ1n) is 6.32. The molecule has 20 heavy (non-hydrogen) atoms. The average Bonchev–Trinajstić information content (AvgIpc) is 2.99. The summed E-state index contributed by atoms with van der Waals surface area (Å²) < 4.78 is 1.93. The minimum atomic E-state index is -0.385. The Bertz CT molecular complexity index is 564. The lowest BCUT2D eigenvalue weighted by molar-refractivity contribution is -0.114. The third kappa shape index (κ3) is 3.68. The molecule has 1 aromatic carbocycles. The van der Waals surface area contributed by atoms with Gasteiger partial charge < -0.3 is 15.1 Å². The van der Waals surface area contributed by atoms with Crippen molar-refractivity contribution in [1.29, 1.82) is 0 Å². The van der Waals surface area contributed by atoms with Gasteiger partial charge in [-0.3, -0.25) is 4.79 Å². The summed E-state index contributed by atoms with van der Waals surface area (Å²) in [6, 6.07) is 8.85.